The van der Waals surface area contributed by atoms with Crippen molar-refractivity contribution in [1.82, 2.24) is 10.6 Å². The van der Waals surface area contributed by atoms with Crippen molar-refractivity contribution in [1.29, 1.82) is 0 Å². The molecular weight excluding hydrogens is 314 g/mol. The van der Waals surface area contributed by atoms with Crippen LogP contribution in [0.4, 0.5) is 5.69 Å². The third-order valence-corrected chi connectivity index (χ3v) is 2.99. The van der Waals surface area contributed by atoms with Crippen LogP contribution in [-0.2, 0) is 9.53 Å². The second kappa shape index (κ2) is 8.96. The Morgan fingerprint density at radius 1 is 1.32 bits per heavy atom. The van der Waals surface area contributed by atoms with Crippen molar-refractivity contribution in [3.63, 3.8) is 0 Å². The van der Waals surface area contributed by atoms with Gasteiger partial charge >= 0.3 is 0 Å². The van der Waals surface area contributed by atoms with Gasteiger partial charge in [-0.3, -0.25) is 19.7 Å². The van der Waals surface area contributed by atoms with E-state index in [1.54, 1.807) is 0 Å². The summed E-state index contributed by atoms with van der Waals surface area (Å²) in [6, 6.07) is 3.57. The molecule has 1 rings (SSSR count). The molecule has 0 unspecified atom stereocenters. The predicted molar refractivity (Wildman–Crippen MR) is 79.9 cm³/mol. The fourth-order valence-electron chi connectivity index (χ4n) is 1.57. The summed E-state index contributed by atoms with van der Waals surface area (Å²) < 4.78 is 4.79. The number of hydrogen-bond donors (Lipinski definition) is 2. The highest BCUT2D eigenvalue weighted by Gasteiger charge is 2.14. The normalized spacial score (nSPS) is 10.1. The topological polar surface area (TPSA) is 111 Å². The summed E-state index contributed by atoms with van der Waals surface area (Å²) in [7, 11) is 1.53. The smallest absolute Gasteiger partial charge is 0.270 e. The number of hydrogen-bond acceptors (Lipinski definition) is 5. The minimum Gasteiger partial charge on any atom is -0.383 e. The van der Waals surface area contributed by atoms with Crippen LogP contribution in [-0.4, -0.2) is 43.5 Å². The van der Waals surface area contributed by atoms with Crippen LogP contribution in [0.3, 0.4) is 0 Å². The van der Waals surface area contributed by atoms with Crippen LogP contribution in [0.2, 0.25) is 5.02 Å². The SMILES string of the molecule is COCCNC(=O)CCNC(=O)c1ccc([N+](=O)[O-])cc1Cl. The monoisotopic (exact) mass is 329 g/mol. The number of nitro benzene ring substituents is 1. The van der Waals surface area contributed by atoms with Gasteiger partial charge in [-0.05, 0) is 6.07 Å². The summed E-state index contributed by atoms with van der Waals surface area (Å²) in [5.74, 6) is -0.711. The highest BCUT2D eigenvalue weighted by molar-refractivity contribution is 6.34. The van der Waals surface area contributed by atoms with E-state index in [1.165, 1.54) is 19.2 Å². The number of benzene rings is 1. The molecule has 1 aromatic carbocycles. The maximum atomic E-state index is 11.9. The van der Waals surface area contributed by atoms with E-state index in [4.69, 9.17) is 16.3 Å². The summed E-state index contributed by atoms with van der Waals surface area (Å²) in [5, 5.41) is 15.7. The number of methoxy groups -OCH3 is 1. The molecule has 0 radical (unpaired) electrons. The average Bonchev–Trinajstić information content (AvgIpc) is 2.47. The zero-order valence-corrected chi connectivity index (χ0v) is 12.7. The number of carbonyl (C=O) groups is 2. The molecule has 0 atom stereocenters. The van der Waals surface area contributed by atoms with Crippen LogP contribution in [0.25, 0.3) is 0 Å². The number of rotatable bonds is 8. The lowest BCUT2D eigenvalue weighted by atomic mass is 10.2. The molecule has 0 spiro atoms. The Bertz CT molecular complexity index is 565. The van der Waals surface area contributed by atoms with Gasteiger partial charge < -0.3 is 15.4 Å². The second-order valence-corrected chi connectivity index (χ2v) is 4.68. The Morgan fingerprint density at radius 3 is 2.64 bits per heavy atom. The number of amides is 2. The lowest BCUT2D eigenvalue weighted by Gasteiger charge is -2.07. The Labute approximate surface area is 131 Å². The molecule has 2 N–H and O–H groups in total. The summed E-state index contributed by atoms with van der Waals surface area (Å²) in [4.78, 5) is 33.3. The largest absolute Gasteiger partial charge is 0.383 e. The first-order valence-electron chi connectivity index (χ1n) is 6.43. The summed E-state index contributed by atoms with van der Waals surface area (Å²) in [6.07, 6.45) is 0.111. The number of non-ortho nitro benzene ring substituents is 1. The van der Waals surface area contributed by atoms with E-state index in [0.717, 1.165) is 6.07 Å². The number of ether oxygens (including phenoxy) is 1. The molecule has 0 saturated carbocycles. The number of carbonyl (C=O) groups excluding carboxylic acids is 2. The van der Waals surface area contributed by atoms with E-state index in [9.17, 15) is 19.7 Å². The van der Waals surface area contributed by atoms with E-state index in [1.807, 2.05) is 0 Å². The van der Waals surface area contributed by atoms with Crippen molar-refractivity contribution in [2.45, 2.75) is 6.42 Å². The molecule has 8 nitrogen and oxygen atoms in total. The Hall–Kier alpha value is -2.19. The van der Waals surface area contributed by atoms with Crippen LogP contribution in [0, 0.1) is 10.1 Å². The molecule has 1 aromatic rings. The van der Waals surface area contributed by atoms with Gasteiger partial charge in [0, 0.05) is 38.8 Å². The van der Waals surface area contributed by atoms with E-state index < -0.39 is 10.8 Å². The summed E-state index contributed by atoms with van der Waals surface area (Å²) >= 11 is 5.84. The molecule has 0 aliphatic heterocycles. The molecule has 120 valence electrons. The zero-order chi connectivity index (χ0) is 16.5. The fourth-order valence-corrected chi connectivity index (χ4v) is 1.83. The highest BCUT2D eigenvalue weighted by atomic mass is 35.5. The lowest BCUT2D eigenvalue weighted by Crippen LogP contribution is -2.32. The van der Waals surface area contributed by atoms with Crippen molar-refractivity contribution < 1.29 is 19.2 Å². The minimum atomic E-state index is -0.599. The molecule has 0 heterocycles. The third-order valence-electron chi connectivity index (χ3n) is 2.67. The number of halogens is 1. The molecule has 0 fully saturated rings. The van der Waals surface area contributed by atoms with Gasteiger partial charge in [-0.15, -0.1) is 0 Å². The average molecular weight is 330 g/mol. The van der Waals surface area contributed by atoms with Gasteiger partial charge in [0.1, 0.15) is 0 Å². The molecule has 0 aliphatic carbocycles. The maximum Gasteiger partial charge on any atom is 0.270 e. The van der Waals surface area contributed by atoms with Crippen LogP contribution >= 0.6 is 11.6 Å². The van der Waals surface area contributed by atoms with E-state index in [-0.39, 0.29) is 35.1 Å². The Kier molecular flexibility index (Phi) is 7.27. The van der Waals surface area contributed by atoms with Crippen molar-refractivity contribution in [2.24, 2.45) is 0 Å². The predicted octanol–water partition coefficient (Wildman–Crippen LogP) is 1.13. The first-order chi connectivity index (χ1) is 10.5. The van der Waals surface area contributed by atoms with Gasteiger partial charge in [-0.25, -0.2) is 0 Å². The van der Waals surface area contributed by atoms with Gasteiger partial charge in [0.05, 0.1) is 22.1 Å². The van der Waals surface area contributed by atoms with Crippen molar-refractivity contribution in [2.75, 3.05) is 26.8 Å². The molecule has 22 heavy (non-hydrogen) atoms. The van der Waals surface area contributed by atoms with Gasteiger partial charge in [0.15, 0.2) is 0 Å². The van der Waals surface area contributed by atoms with Crippen LogP contribution in [0.5, 0.6) is 0 Å². The summed E-state index contributed by atoms with van der Waals surface area (Å²) in [6.45, 7) is 0.943. The van der Waals surface area contributed by atoms with E-state index in [2.05, 4.69) is 10.6 Å². The number of nitro groups is 1. The van der Waals surface area contributed by atoms with Crippen molar-refractivity contribution in [3.05, 3.63) is 38.9 Å². The lowest BCUT2D eigenvalue weighted by molar-refractivity contribution is -0.384. The van der Waals surface area contributed by atoms with Crippen molar-refractivity contribution in [3.8, 4) is 0 Å². The van der Waals surface area contributed by atoms with Crippen molar-refractivity contribution >= 4 is 29.1 Å². The minimum absolute atomic E-state index is 0.0174. The van der Waals surface area contributed by atoms with Crippen LogP contribution in [0.15, 0.2) is 18.2 Å². The van der Waals surface area contributed by atoms with Gasteiger partial charge in [0.2, 0.25) is 5.91 Å². The quantitative estimate of drug-likeness (QED) is 0.422. The Balaban J connectivity index is 2.46. The molecule has 0 saturated heterocycles. The standard InChI is InChI=1S/C13H16ClN3O5/c1-22-7-6-15-12(18)4-5-16-13(19)10-3-2-9(17(20)21)8-11(10)14/h2-3,8H,4-7H2,1H3,(H,15,18)(H,16,19). The van der Waals surface area contributed by atoms with Crippen LogP contribution < -0.4 is 10.6 Å². The fraction of sp³-hybridized carbons (Fsp3) is 0.385. The van der Waals surface area contributed by atoms with Gasteiger partial charge in [-0.2, -0.15) is 0 Å². The second-order valence-electron chi connectivity index (χ2n) is 4.27. The zero-order valence-electron chi connectivity index (χ0n) is 11.9. The van der Waals surface area contributed by atoms with E-state index in [0.29, 0.717) is 13.2 Å². The highest BCUT2D eigenvalue weighted by Crippen LogP contribution is 2.22. The van der Waals surface area contributed by atoms with Crippen LogP contribution in [0.1, 0.15) is 16.8 Å². The first-order valence-corrected chi connectivity index (χ1v) is 6.81. The summed E-state index contributed by atoms with van der Waals surface area (Å²) in [5.41, 5.74) is -0.0777. The number of nitrogens with one attached hydrogen (secondary N) is 2. The molecule has 0 aromatic heterocycles. The molecule has 9 heteroatoms. The van der Waals surface area contributed by atoms with Gasteiger partial charge in [0.25, 0.3) is 11.6 Å². The maximum absolute atomic E-state index is 11.9. The molecule has 0 bridgehead atoms. The molecule has 0 aliphatic rings. The molecule has 2 amide bonds. The number of nitrogens with zero attached hydrogens (tertiary/aromatic N) is 1. The first kappa shape index (κ1) is 17.9. The molecular formula is C13H16ClN3O5. The third kappa shape index (κ3) is 5.66. The Morgan fingerprint density at radius 2 is 2.05 bits per heavy atom. The van der Waals surface area contributed by atoms with Gasteiger partial charge in [-0.1, -0.05) is 11.6 Å². The van der Waals surface area contributed by atoms with E-state index >= 15 is 0 Å².